The Labute approximate surface area is 113 Å². The van der Waals surface area contributed by atoms with Crippen LogP contribution in [0.2, 0.25) is 0 Å². The molecule has 19 heavy (non-hydrogen) atoms. The summed E-state index contributed by atoms with van der Waals surface area (Å²) in [6.45, 7) is 5.12. The van der Waals surface area contributed by atoms with Crippen LogP contribution in [0.4, 0.5) is 0 Å². The molecule has 0 unspecified atom stereocenters. The van der Waals surface area contributed by atoms with Crippen molar-refractivity contribution in [1.29, 1.82) is 0 Å². The van der Waals surface area contributed by atoms with Gasteiger partial charge in [-0.2, -0.15) is 0 Å². The van der Waals surface area contributed by atoms with Crippen LogP contribution >= 0.6 is 0 Å². The summed E-state index contributed by atoms with van der Waals surface area (Å²) in [6, 6.07) is 8.26. The molecule has 1 N–H and O–H groups in total. The van der Waals surface area contributed by atoms with Gasteiger partial charge in [0, 0.05) is 12.6 Å². The fourth-order valence-electron chi connectivity index (χ4n) is 2.65. The average Bonchev–Trinajstić information content (AvgIpc) is 3.07. The molecule has 4 heteroatoms. The molecule has 3 atom stereocenters. The summed E-state index contributed by atoms with van der Waals surface area (Å²) < 4.78 is 11.5. The minimum absolute atomic E-state index is 0.0894. The molecule has 0 saturated carbocycles. The zero-order chi connectivity index (χ0) is 13.2. The van der Waals surface area contributed by atoms with E-state index in [1.807, 2.05) is 24.3 Å². The minimum Gasteiger partial charge on any atom is -0.439 e. The van der Waals surface area contributed by atoms with Crippen LogP contribution in [0.25, 0.3) is 11.1 Å². The van der Waals surface area contributed by atoms with E-state index in [0.29, 0.717) is 12.1 Å². The lowest BCUT2D eigenvalue weighted by Crippen LogP contribution is -2.38. The van der Waals surface area contributed by atoms with E-state index in [0.717, 1.165) is 36.4 Å². The molecule has 1 aliphatic heterocycles. The SMILES string of the molecule is C[C@H](N[C@@H](C)[C@@H]1CCCO1)c1nc2ccccc2o1. The van der Waals surface area contributed by atoms with E-state index in [1.54, 1.807) is 0 Å². The monoisotopic (exact) mass is 260 g/mol. The van der Waals surface area contributed by atoms with Gasteiger partial charge >= 0.3 is 0 Å². The molecule has 1 aromatic carbocycles. The van der Waals surface area contributed by atoms with E-state index in [-0.39, 0.29) is 6.04 Å². The van der Waals surface area contributed by atoms with Crippen molar-refractivity contribution in [2.45, 2.75) is 44.9 Å². The first-order chi connectivity index (χ1) is 9.24. The quantitative estimate of drug-likeness (QED) is 0.917. The van der Waals surface area contributed by atoms with Crippen LogP contribution in [-0.4, -0.2) is 23.7 Å². The van der Waals surface area contributed by atoms with Gasteiger partial charge in [-0.25, -0.2) is 4.98 Å². The standard InChI is InChI=1S/C15H20N2O2/c1-10(13-8-5-9-18-13)16-11(2)15-17-12-6-3-4-7-14(12)19-15/h3-4,6-7,10-11,13,16H,5,8-9H2,1-2H3/t10-,11-,13-/m0/s1. The Morgan fingerprint density at radius 3 is 2.89 bits per heavy atom. The number of hydrogen-bond acceptors (Lipinski definition) is 4. The van der Waals surface area contributed by atoms with Gasteiger partial charge in [0.25, 0.3) is 0 Å². The average molecular weight is 260 g/mol. The third-order valence-electron chi connectivity index (χ3n) is 3.72. The normalized spacial score (nSPS) is 22.7. The molecule has 102 valence electrons. The number of ether oxygens (including phenoxy) is 1. The van der Waals surface area contributed by atoms with Crippen LogP contribution in [0.1, 0.15) is 38.6 Å². The van der Waals surface area contributed by atoms with Crippen LogP contribution in [0.15, 0.2) is 28.7 Å². The summed E-state index contributed by atoms with van der Waals surface area (Å²) in [4.78, 5) is 4.52. The van der Waals surface area contributed by atoms with Crippen molar-refractivity contribution >= 4 is 11.1 Å². The number of aromatic nitrogens is 1. The summed E-state index contributed by atoms with van der Waals surface area (Å²) in [5.74, 6) is 0.742. The molecule has 4 nitrogen and oxygen atoms in total. The summed E-state index contributed by atoms with van der Waals surface area (Å²) in [5, 5.41) is 3.52. The number of rotatable bonds is 4. The highest BCUT2D eigenvalue weighted by atomic mass is 16.5. The minimum atomic E-state index is 0.0894. The Kier molecular flexibility index (Phi) is 3.53. The van der Waals surface area contributed by atoms with Crippen LogP contribution in [0.5, 0.6) is 0 Å². The van der Waals surface area contributed by atoms with Gasteiger partial charge < -0.3 is 14.5 Å². The Morgan fingerprint density at radius 1 is 1.32 bits per heavy atom. The molecule has 0 radical (unpaired) electrons. The largest absolute Gasteiger partial charge is 0.439 e. The molecule has 1 saturated heterocycles. The fraction of sp³-hybridized carbons (Fsp3) is 0.533. The molecular formula is C15H20N2O2. The third kappa shape index (κ3) is 2.65. The van der Waals surface area contributed by atoms with Crippen molar-refractivity contribution < 1.29 is 9.15 Å². The van der Waals surface area contributed by atoms with E-state index in [2.05, 4.69) is 24.1 Å². The fourth-order valence-corrected chi connectivity index (χ4v) is 2.65. The lowest BCUT2D eigenvalue weighted by molar-refractivity contribution is 0.0792. The molecule has 2 heterocycles. The number of para-hydroxylation sites is 2. The molecule has 1 fully saturated rings. The summed E-state index contributed by atoms with van der Waals surface area (Å²) in [6.07, 6.45) is 2.61. The zero-order valence-electron chi connectivity index (χ0n) is 11.4. The van der Waals surface area contributed by atoms with Crippen molar-refractivity contribution in [3.8, 4) is 0 Å². The van der Waals surface area contributed by atoms with Gasteiger partial charge in [-0.1, -0.05) is 12.1 Å². The smallest absolute Gasteiger partial charge is 0.212 e. The Bertz CT molecular complexity index is 513. The Hall–Kier alpha value is -1.39. The lowest BCUT2D eigenvalue weighted by Gasteiger charge is -2.22. The Morgan fingerprint density at radius 2 is 2.16 bits per heavy atom. The van der Waals surface area contributed by atoms with Gasteiger partial charge in [0.2, 0.25) is 5.89 Å². The molecule has 3 rings (SSSR count). The maximum atomic E-state index is 5.78. The lowest BCUT2D eigenvalue weighted by atomic mass is 10.1. The van der Waals surface area contributed by atoms with Gasteiger partial charge in [0.1, 0.15) is 5.52 Å². The first-order valence-electron chi connectivity index (χ1n) is 6.97. The molecule has 0 amide bonds. The van der Waals surface area contributed by atoms with E-state index < -0.39 is 0 Å². The van der Waals surface area contributed by atoms with Crippen LogP contribution < -0.4 is 5.32 Å². The molecule has 0 bridgehead atoms. The zero-order valence-corrected chi connectivity index (χ0v) is 11.4. The van der Waals surface area contributed by atoms with E-state index in [9.17, 15) is 0 Å². The number of fused-ring (bicyclic) bond motifs is 1. The van der Waals surface area contributed by atoms with Crippen LogP contribution in [0, 0.1) is 0 Å². The number of nitrogens with one attached hydrogen (secondary N) is 1. The summed E-state index contributed by atoms with van der Waals surface area (Å²) in [5.41, 5.74) is 1.76. The predicted molar refractivity (Wildman–Crippen MR) is 74.0 cm³/mol. The molecular weight excluding hydrogens is 240 g/mol. The first-order valence-corrected chi connectivity index (χ1v) is 6.97. The second-order valence-corrected chi connectivity index (χ2v) is 5.25. The maximum absolute atomic E-state index is 5.78. The molecule has 0 spiro atoms. The number of nitrogens with zero attached hydrogens (tertiary/aromatic N) is 1. The highest BCUT2D eigenvalue weighted by Gasteiger charge is 2.25. The van der Waals surface area contributed by atoms with Gasteiger partial charge in [-0.3, -0.25) is 0 Å². The van der Waals surface area contributed by atoms with Gasteiger partial charge in [-0.05, 0) is 38.8 Å². The molecule has 1 aromatic heterocycles. The third-order valence-corrected chi connectivity index (χ3v) is 3.72. The number of oxazole rings is 1. The second-order valence-electron chi connectivity index (χ2n) is 5.25. The van der Waals surface area contributed by atoms with Crippen LogP contribution in [0.3, 0.4) is 0 Å². The van der Waals surface area contributed by atoms with E-state index in [4.69, 9.17) is 9.15 Å². The van der Waals surface area contributed by atoms with Crippen molar-refractivity contribution in [3.63, 3.8) is 0 Å². The summed E-state index contributed by atoms with van der Waals surface area (Å²) >= 11 is 0. The van der Waals surface area contributed by atoms with Gasteiger partial charge in [0.15, 0.2) is 5.58 Å². The Balaban J connectivity index is 1.70. The van der Waals surface area contributed by atoms with E-state index in [1.165, 1.54) is 0 Å². The molecule has 1 aliphatic rings. The van der Waals surface area contributed by atoms with Crippen molar-refractivity contribution in [2.75, 3.05) is 6.61 Å². The topological polar surface area (TPSA) is 47.3 Å². The summed E-state index contributed by atoms with van der Waals surface area (Å²) in [7, 11) is 0. The molecule has 0 aliphatic carbocycles. The second kappa shape index (κ2) is 5.31. The van der Waals surface area contributed by atoms with Crippen LogP contribution in [-0.2, 0) is 4.74 Å². The van der Waals surface area contributed by atoms with Gasteiger partial charge in [0.05, 0.1) is 12.1 Å². The van der Waals surface area contributed by atoms with Crippen molar-refractivity contribution in [1.82, 2.24) is 10.3 Å². The predicted octanol–water partition coefficient (Wildman–Crippen LogP) is 3.05. The van der Waals surface area contributed by atoms with E-state index >= 15 is 0 Å². The first kappa shape index (κ1) is 12.6. The van der Waals surface area contributed by atoms with Crippen molar-refractivity contribution in [3.05, 3.63) is 30.2 Å². The highest BCUT2D eigenvalue weighted by molar-refractivity contribution is 5.72. The van der Waals surface area contributed by atoms with Crippen molar-refractivity contribution in [2.24, 2.45) is 0 Å². The highest BCUT2D eigenvalue weighted by Crippen LogP contribution is 2.22. The molecule has 2 aromatic rings. The van der Waals surface area contributed by atoms with Gasteiger partial charge in [-0.15, -0.1) is 0 Å². The maximum Gasteiger partial charge on any atom is 0.212 e. The number of benzene rings is 1. The number of hydrogen-bond donors (Lipinski definition) is 1.